The minimum Gasteiger partial charge on any atom is -0.298 e. The molecule has 0 radical (unpaired) electrons. The van der Waals surface area contributed by atoms with Crippen molar-refractivity contribution in [3.05, 3.63) is 80.8 Å². The Bertz CT molecular complexity index is 898. The van der Waals surface area contributed by atoms with Gasteiger partial charge in [-0.15, -0.1) is 11.3 Å². The molecule has 1 heterocycles. The summed E-state index contributed by atoms with van der Waals surface area (Å²) in [5, 5.41) is 2.94. The van der Waals surface area contributed by atoms with Gasteiger partial charge in [0.2, 0.25) is 0 Å². The van der Waals surface area contributed by atoms with E-state index in [1.165, 1.54) is 35.6 Å². The molecule has 3 nitrogen and oxygen atoms in total. The van der Waals surface area contributed by atoms with Crippen LogP contribution in [-0.2, 0) is 6.42 Å². The van der Waals surface area contributed by atoms with Gasteiger partial charge in [0.05, 0.1) is 5.56 Å². The lowest BCUT2D eigenvalue weighted by atomic mass is 10.1. The fourth-order valence-corrected chi connectivity index (χ4v) is 3.31. The van der Waals surface area contributed by atoms with Gasteiger partial charge in [-0.1, -0.05) is 28.1 Å². The number of carbonyl (C=O) groups is 1. The van der Waals surface area contributed by atoms with Crippen molar-refractivity contribution < 1.29 is 13.6 Å². The zero-order valence-corrected chi connectivity index (χ0v) is 14.6. The SMILES string of the molecule is O=C(Nc1ncc(Cc2cccc(F)c2)s1)c1ccc(Br)cc1F. The standard InChI is InChI=1S/C17H11BrF2N2OS/c18-11-4-5-14(15(20)8-11)16(23)22-17-21-9-13(24-17)7-10-2-1-3-12(19)6-10/h1-6,8-9H,7H2,(H,21,22,23). The summed E-state index contributed by atoms with van der Waals surface area (Å²) in [6, 6.07) is 10.5. The molecule has 0 fully saturated rings. The van der Waals surface area contributed by atoms with Crippen LogP contribution < -0.4 is 5.32 Å². The third kappa shape index (κ3) is 4.04. The van der Waals surface area contributed by atoms with Gasteiger partial charge < -0.3 is 0 Å². The molecule has 122 valence electrons. The van der Waals surface area contributed by atoms with E-state index >= 15 is 0 Å². The second-order valence-electron chi connectivity index (χ2n) is 5.02. The summed E-state index contributed by atoms with van der Waals surface area (Å²) in [5.74, 6) is -1.47. The van der Waals surface area contributed by atoms with E-state index in [4.69, 9.17) is 0 Å². The number of rotatable bonds is 4. The average molecular weight is 409 g/mol. The van der Waals surface area contributed by atoms with Crippen LogP contribution in [0.1, 0.15) is 20.8 Å². The molecule has 0 bridgehead atoms. The first-order chi connectivity index (χ1) is 11.5. The van der Waals surface area contributed by atoms with E-state index in [-0.39, 0.29) is 11.4 Å². The first kappa shape index (κ1) is 16.7. The molecule has 1 N–H and O–H groups in total. The van der Waals surface area contributed by atoms with Crippen molar-refractivity contribution in [2.45, 2.75) is 6.42 Å². The second kappa shape index (κ2) is 7.19. The smallest absolute Gasteiger partial charge is 0.260 e. The lowest BCUT2D eigenvalue weighted by molar-refractivity contribution is 0.102. The summed E-state index contributed by atoms with van der Waals surface area (Å²) >= 11 is 4.41. The Morgan fingerprint density at radius 1 is 1.21 bits per heavy atom. The molecular formula is C17H11BrF2N2OS. The normalized spacial score (nSPS) is 10.6. The molecule has 3 aromatic rings. The van der Waals surface area contributed by atoms with Crippen LogP contribution in [0.2, 0.25) is 0 Å². The van der Waals surface area contributed by atoms with E-state index in [1.54, 1.807) is 18.3 Å². The Hall–Kier alpha value is -2.12. The van der Waals surface area contributed by atoms with Crippen LogP contribution in [-0.4, -0.2) is 10.9 Å². The molecule has 0 saturated heterocycles. The number of amides is 1. The Morgan fingerprint density at radius 2 is 2.04 bits per heavy atom. The fourth-order valence-electron chi connectivity index (χ4n) is 2.13. The Morgan fingerprint density at radius 3 is 2.79 bits per heavy atom. The number of hydrogen-bond donors (Lipinski definition) is 1. The number of halogens is 3. The zero-order valence-electron chi connectivity index (χ0n) is 12.2. The quantitative estimate of drug-likeness (QED) is 0.657. The van der Waals surface area contributed by atoms with E-state index in [0.29, 0.717) is 16.0 Å². The molecule has 0 atom stereocenters. The topological polar surface area (TPSA) is 42.0 Å². The second-order valence-corrected chi connectivity index (χ2v) is 7.05. The maximum atomic E-state index is 13.8. The zero-order chi connectivity index (χ0) is 17.1. The summed E-state index contributed by atoms with van der Waals surface area (Å²) in [5.41, 5.74) is 0.760. The Kier molecular flexibility index (Phi) is 5.01. The molecule has 1 amide bonds. The molecule has 3 rings (SSSR count). The summed E-state index contributed by atoms with van der Waals surface area (Å²) in [6.45, 7) is 0. The van der Waals surface area contributed by atoms with Gasteiger partial charge in [0.1, 0.15) is 11.6 Å². The van der Waals surface area contributed by atoms with Crippen molar-refractivity contribution in [1.29, 1.82) is 0 Å². The molecule has 0 saturated carbocycles. The monoisotopic (exact) mass is 408 g/mol. The van der Waals surface area contributed by atoms with Crippen molar-refractivity contribution in [1.82, 2.24) is 4.98 Å². The summed E-state index contributed by atoms with van der Waals surface area (Å²) < 4.78 is 27.5. The molecule has 2 aromatic carbocycles. The molecule has 24 heavy (non-hydrogen) atoms. The molecule has 0 aliphatic rings. The number of nitrogens with zero attached hydrogens (tertiary/aromatic N) is 1. The predicted octanol–water partition coefficient (Wildman–Crippen LogP) is 5.03. The number of anilines is 1. The van der Waals surface area contributed by atoms with Gasteiger partial charge in [-0.05, 0) is 35.9 Å². The first-order valence-corrected chi connectivity index (χ1v) is 8.58. The van der Waals surface area contributed by atoms with Gasteiger partial charge >= 0.3 is 0 Å². The van der Waals surface area contributed by atoms with Gasteiger partial charge in [0.15, 0.2) is 5.13 Å². The van der Waals surface area contributed by atoms with Crippen LogP contribution in [0.25, 0.3) is 0 Å². The fraction of sp³-hybridized carbons (Fsp3) is 0.0588. The number of benzene rings is 2. The van der Waals surface area contributed by atoms with E-state index in [9.17, 15) is 13.6 Å². The van der Waals surface area contributed by atoms with Crippen molar-refractivity contribution in [2.75, 3.05) is 5.32 Å². The number of nitrogens with one attached hydrogen (secondary N) is 1. The Balaban J connectivity index is 1.70. The minimum atomic E-state index is -0.613. The van der Waals surface area contributed by atoms with Gasteiger partial charge in [-0.2, -0.15) is 0 Å². The van der Waals surface area contributed by atoms with Crippen LogP contribution >= 0.6 is 27.3 Å². The highest BCUT2D eigenvalue weighted by atomic mass is 79.9. The number of carbonyl (C=O) groups excluding carboxylic acids is 1. The van der Waals surface area contributed by atoms with E-state index in [2.05, 4.69) is 26.2 Å². The molecular weight excluding hydrogens is 398 g/mol. The van der Waals surface area contributed by atoms with E-state index in [1.807, 2.05) is 6.07 Å². The number of thiazole rings is 1. The molecule has 7 heteroatoms. The van der Waals surface area contributed by atoms with Crippen molar-refractivity contribution in [2.24, 2.45) is 0 Å². The van der Waals surface area contributed by atoms with Crippen LogP contribution in [0.15, 0.2) is 53.1 Å². The lowest BCUT2D eigenvalue weighted by Gasteiger charge is -2.03. The average Bonchev–Trinajstić information content (AvgIpc) is 2.94. The molecule has 1 aromatic heterocycles. The molecule has 0 aliphatic carbocycles. The molecule has 0 spiro atoms. The first-order valence-electron chi connectivity index (χ1n) is 6.97. The number of hydrogen-bond acceptors (Lipinski definition) is 3. The third-order valence-corrected chi connectivity index (χ3v) is 4.62. The van der Waals surface area contributed by atoms with Crippen molar-refractivity contribution >= 4 is 38.3 Å². The van der Waals surface area contributed by atoms with Crippen LogP contribution in [0.5, 0.6) is 0 Å². The number of aromatic nitrogens is 1. The van der Waals surface area contributed by atoms with Crippen molar-refractivity contribution in [3.8, 4) is 0 Å². The van der Waals surface area contributed by atoms with E-state index < -0.39 is 11.7 Å². The van der Waals surface area contributed by atoms with Gasteiger partial charge in [-0.3, -0.25) is 10.1 Å². The van der Waals surface area contributed by atoms with Gasteiger partial charge in [0, 0.05) is 22.0 Å². The molecule has 0 unspecified atom stereocenters. The highest BCUT2D eigenvalue weighted by molar-refractivity contribution is 9.10. The van der Waals surface area contributed by atoms with Gasteiger partial charge in [-0.25, -0.2) is 13.8 Å². The highest BCUT2D eigenvalue weighted by Gasteiger charge is 2.14. The van der Waals surface area contributed by atoms with Crippen LogP contribution in [0, 0.1) is 11.6 Å². The van der Waals surface area contributed by atoms with Gasteiger partial charge in [0.25, 0.3) is 5.91 Å². The maximum absolute atomic E-state index is 13.8. The molecule has 0 aliphatic heterocycles. The highest BCUT2D eigenvalue weighted by Crippen LogP contribution is 2.23. The van der Waals surface area contributed by atoms with Crippen LogP contribution in [0.3, 0.4) is 0 Å². The summed E-state index contributed by atoms with van der Waals surface area (Å²) in [4.78, 5) is 17.1. The van der Waals surface area contributed by atoms with Crippen LogP contribution in [0.4, 0.5) is 13.9 Å². The Labute approximate surface area is 149 Å². The lowest BCUT2D eigenvalue weighted by Crippen LogP contribution is -2.13. The van der Waals surface area contributed by atoms with E-state index in [0.717, 1.165) is 10.4 Å². The largest absolute Gasteiger partial charge is 0.298 e. The van der Waals surface area contributed by atoms with Crippen molar-refractivity contribution in [3.63, 3.8) is 0 Å². The third-order valence-electron chi connectivity index (χ3n) is 3.22. The maximum Gasteiger partial charge on any atom is 0.260 e. The summed E-state index contributed by atoms with van der Waals surface area (Å²) in [6.07, 6.45) is 2.13. The predicted molar refractivity (Wildman–Crippen MR) is 93.4 cm³/mol. The summed E-state index contributed by atoms with van der Waals surface area (Å²) in [7, 11) is 0. The minimum absolute atomic E-state index is 0.0555.